The molecule has 4 rings (SSSR count). The molecule has 4 aromatic rings. The Morgan fingerprint density at radius 3 is 1.42 bits per heavy atom. The molecule has 2 heterocycles. The summed E-state index contributed by atoms with van der Waals surface area (Å²) in [6, 6.07) is 16.6. The Morgan fingerprint density at radius 1 is 0.667 bits per heavy atom. The molecular weight excluding hydrogens is 488 g/mol. The minimum Gasteiger partial charge on any atom is -0.302 e. The molecule has 2 N–H and O–H groups in total. The van der Waals surface area contributed by atoms with Gasteiger partial charge in [0.05, 0.1) is 11.4 Å². The highest BCUT2D eigenvalue weighted by atomic mass is 32.1. The number of thiazole rings is 2. The molecule has 0 aliphatic heterocycles. The normalized spacial score (nSPS) is 10.8. The molecule has 36 heavy (non-hydrogen) atoms. The van der Waals surface area contributed by atoms with Gasteiger partial charge in [0.2, 0.25) is 11.8 Å². The second-order valence-corrected chi connectivity index (χ2v) is 10.2. The van der Waals surface area contributed by atoms with Gasteiger partial charge in [0, 0.05) is 34.7 Å². The topological polar surface area (TPSA) is 84.0 Å². The number of unbranched alkanes of at least 4 members (excludes halogenated alkanes) is 1. The summed E-state index contributed by atoms with van der Waals surface area (Å²) >= 11 is 2.83. The maximum atomic E-state index is 12.3. The SMILES string of the molecule is CCc1ccc(-c2csc(NC(=O)CCCCC(=O)Nc3nc(-c4ccc(CC)cc4)cs3)n2)cc1. The van der Waals surface area contributed by atoms with Crippen LogP contribution in [0, 0.1) is 0 Å². The third-order valence-corrected chi connectivity index (χ3v) is 7.39. The van der Waals surface area contributed by atoms with Gasteiger partial charge in [-0.2, -0.15) is 0 Å². The molecule has 8 heteroatoms. The number of carbonyl (C=O) groups excluding carboxylic acids is 2. The summed E-state index contributed by atoms with van der Waals surface area (Å²) < 4.78 is 0. The Kier molecular flexibility index (Phi) is 8.97. The van der Waals surface area contributed by atoms with E-state index < -0.39 is 0 Å². The van der Waals surface area contributed by atoms with Gasteiger partial charge in [0.1, 0.15) is 0 Å². The van der Waals surface area contributed by atoms with Crippen LogP contribution >= 0.6 is 22.7 Å². The van der Waals surface area contributed by atoms with Crippen molar-refractivity contribution in [2.75, 3.05) is 10.6 Å². The Labute approximate surface area is 219 Å². The molecule has 0 aliphatic carbocycles. The minimum absolute atomic E-state index is 0.0868. The zero-order valence-corrected chi connectivity index (χ0v) is 22.2. The molecule has 0 atom stereocenters. The second kappa shape index (κ2) is 12.6. The van der Waals surface area contributed by atoms with Crippen LogP contribution in [0.3, 0.4) is 0 Å². The Balaban J connectivity index is 1.16. The summed E-state index contributed by atoms with van der Waals surface area (Å²) in [5, 5.41) is 10.8. The first-order chi connectivity index (χ1) is 17.5. The standard InChI is InChI=1S/C28H30N4O2S2/c1-3-19-9-13-21(14-10-19)23-17-35-27(29-23)31-25(33)7-5-6-8-26(34)32-28-30-24(18-36-28)22-15-11-20(4-2)12-16-22/h9-18H,3-8H2,1-2H3,(H,29,31,33)(H,30,32,34). The van der Waals surface area contributed by atoms with E-state index in [-0.39, 0.29) is 11.8 Å². The maximum absolute atomic E-state index is 12.3. The predicted octanol–water partition coefficient (Wildman–Crippen LogP) is 7.20. The van der Waals surface area contributed by atoms with Crippen LogP contribution in [0.2, 0.25) is 0 Å². The van der Waals surface area contributed by atoms with Crippen LogP contribution in [0.4, 0.5) is 10.3 Å². The zero-order valence-electron chi connectivity index (χ0n) is 20.5. The van der Waals surface area contributed by atoms with Crippen LogP contribution in [0.15, 0.2) is 59.3 Å². The molecule has 6 nitrogen and oxygen atoms in total. The lowest BCUT2D eigenvalue weighted by atomic mass is 10.1. The van der Waals surface area contributed by atoms with Crippen molar-refractivity contribution in [3.8, 4) is 22.5 Å². The Hall–Kier alpha value is -3.36. The van der Waals surface area contributed by atoms with Gasteiger partial charge in [0.25, 0.3) is 0 Å². The monoisotopic (exact) mass is 518 g/mol. The third kappa shape index (κ3) is 7.08. The molecule has 0 bridgehead atoms. The molecule has 2 aromatic carbocycles. The molecule has 0 unspecified atom stereocenters. The lowest BCUT2D eigenvalue weighted by Crippen LogP contribution is -2.13. The summed E-state index contributed by atoms with van der Waals surface area (Å²) in [4.78, 5) is 33.7. The summed E-state index contributed by atoms with van der Waals surface area (Å²) in [7, 11) is 0. The second-order valence-electron chi connectivity index (χ2n) is 8.48. The van der Waals surface area contributed by atoms with E-state index in [1.54, 1.807) is 0 Å². The number of hydrogen-bond donors (Lipinski definition) is 2. The van der Waals surface area contributed by atoms with Crippen molar-refractivity contribution in [1.82, 2.24) is 9.97 Å². The van der Waals surface area contributed by atoms with Gasteiger partial charge in [-0.25, -0.2) is 9.97 Å². The number of amides is 2. The van der Waals surface area contributed by atoms with Crippen LogP contribution in [-0.2, 0) is 22.4 Å². The van der Waals surface area contributed by atoms with Crippen molar-refractivity contribution in [1.29, 1.82) is 0 Å². The first kappa shape index (κ1) is 25.7. The number of carbonyl (C=O) groups is 2. The smallest absolute Gasteiger partial charge is 0.226 e. The predicted molar refractivity (Wildman–Crippen MR) is 150 cm³/mol. The molecule has 0 fully saturated rings. The van der Waals surface area contributed by atoms with Gasteiger partial charge in [0.15, 0.2) is 10.3 Å². The molecule has 0 aliphatic rings. The van der Waals surface area contributed by atoms with Crippen LogP contribution in [0.25, 0.3) is 22.5 Å². The first-order valence-electron chi connectivity index (χ1n) is 12.2. The van der Waals surface area contributed by atoms with Crippen molar-refractivity contribution in [2.45, 2.75) is 52.4 Å². The summed E-state index contributed by atoms with van der Waals surface area (Å²) in [5.74, 6) is -0.174. The fourth-order valence-electron chi connectivity index (χ4n) is 3.68. The van der Waals surface area contributed by atoms with Gasteiger partial charge in [-0.1, -0.05) is 62.4 Å². The van der Waals surface area contributed by atoms with E-state index in [2.05, 4.69) is 83.0 Å². The Morgan fingerprint density at radius 2 is 1.06 bits per heavy atom. The van der Waals surface area contributed by atoms with E-state index in [0.29, 0.717) is 35.9 Å². The van der Waals surface area contributed by atoms with E-state index >= 15 is 0 Å². The number of nitrogens with zero attached hydrogens (tertiary/aromatic N) is 2. The van der Waals surface area contributed by atoms with Crippen molar-refractivity contribution in [3.63, 3.8) is 0 Å². The van der Waals surface area contributed by atoms with Crippen molar-refractivity contribution in [3.05, 3.63) is 70.4 Å². The van der Waals surface area contributed by atoms with Crippen LogP contribution in [-0.4, -0.2) is 21.8 Å². The lowest BCUT2D eigenvalue weighted by Gasteiger charge is -2.03. The average molecular weight is 519 g/mol. The van der Waals surface area contributed by atoms with Crippen LogP contribution in [0.1, 0.15) is 50.7 Å². The van der Waals surface area contributed by atoms with E-state index in [0.717, 1.165) is 35.4 Å². The molecule has 0 saturated carbocycles. The van der Waals surface area contributed by atoms with Gasteiger partial charge in [-0.3, -0.25) is 9.59 Å². The van der Waals surface area contributed by atoms with Crippen LogP contribution < -0.4 is 10.6 Å². The third-order valence-electron chi connectivity index (χ3n) is 5.87. The van der Waals surface area contributed by atoms with Crippen LogP contribution in [0.5, 0.6) is 0 Å². The summed E-state index contributed by atoms with van der Waals surface area (Å²) in [6.07, 6.45) is 3.96. The molecule has 0 radical (unpaired) electrons. The van der Waals surface area contributed by atoms with Crippen molar-refractivity contribution >= 4 is 44.8 Å². The highest BCUT2D eigenvalue weighted by Gasteiger charge is 2.11. The van der Waals surface area contributed by atoms with E-state index in [1.165, 1.54) is 33.8 Å². The summed E-state index contributed by atoms with van der Waals surface area (Å²) in [5.41, 5.74) is 6.36. The maximum Gasteiger partial charge on any atom is 0.226 e. The van der Waals surface area contributed by atoms with E-state index in [4.69, 9.17) is 0 Å². The molecule has 2 amide bonds. The highest BCUT2D eigenvalue weighted by molar-refractivity contribution is 7.14. The Bertz CT molecular complexity index is 1190. The highest BCUT2D eigenvalue weighted by Crippen LogP contribution is 2.27. The van der Waals surface area contributed by atoms with Crippen molar-refractivity contribution in [2.24, 2.45) is 0 Å². The van der Waals surface area contributed by atoms with Gasteiger partial charge >= 0.3 is 0 Å². The molecule has 0 saturated heterocycles. The lowest BCUT2D eigenvalue weighted by molar-refractivity contribution is -0.118. The fraction of sp³-hybridized carbons (Fsp3) is 0.286. The van der Waals surface area contributed by atoms with Gasteiger partial charge in [-0.05, 0) is 36.8 Å². The number of nitrogens with one attached hydrogen (secondary N) is 2. The summed E-state index contributed by atoms with van der Waals surface area (Å²) in [6.45, 7) is 4.25. The number of benzene rings is 2. The number of hydrogen-bond acceptors (Lipinski definition) is 6. The number of aromatic nitrogens is 2. The molecule has 2 aromatic heterocycles. The molecular formula is C28H30N4O2S2. The number of anilines is 2. The minimum atomic E-state index is -0.0868. The number of aryl methyl sites for hydroxylation is 2. The van der Waals surface area contributed by atoms with Gasteiger partial charge in [-0.15, -0.1) is 22.7 Å². The molecule has 186 valence electrons. The quantitative estimate of drug-likeness (QED) is 0.206. The largest absolute Gasteiger partial charge is 0.302 e. The van der Waals surface area contributed by atoms with E-state index in [9.17, 15) is 9.59 Å². The zero-order chi connectivity index (χ0) is 25.3. The average Bonchev–Trinajstić information content (AvgIpc) is 3.56. The fourth-order valence-corrected chi connectivity index (χ4v) is 5.16. The first-order valence-corrected chi connectivity index (χ1v) is 14.0. The number of rotatable bonds is 11. The molecule has 0 spiro atoms. The van der Waals surface area contributed by atoms with Gasteiger partial charge < -0.3 is 10.6 Å². The van der Waals surface area contributed by atoms with Crippen molar-refractivity contribution < 1.29 is 9.59 Å². The van der Waals surface area contributed by atoms with E-state index in [1.807, 2.05) is 10.8 Å².